The fourth-order valence-electron chi connectivity index (χ4n) is 2.69. The monoisotopic (exact) mass is 470 g/mol. The first-order valence-corrected chi connectivity index (χ1v) is 9.86. The summed E-state index contributed by atoms with van der Waals surface area (Å²) in [5.74, 6) is -0.653. The average Bonchev–Trinajstić information content (AvgIpc) is 2.68. The van der Waals surface area contributed by atoms with Gasteiger partial charge in [-0.2, -0.15) is 0 Å². The molecule has 1 atom stereocenters. The SMILES string of the molecule is CCC(C(=O)NC)N(Cc1ccc(F)cc1)C(=O)COc1ccc(Br)cc1Cl. The molecule has 0 saturated heterocycles. The second-order valence-corrected chi connectivity index (χ2v) is 7.37. The maximum absolute atomic E-state index is 13.2. The van der Waals surface area contributed by atoms with Gasteiger partial charge in [-0.1, -0.05) is 46.6 Å². The van der Waals surface area contributed by atoms with Gasteiger partial charge in [-0.15, -0.1) is 0 Å². The molecule has 0 radical (unpaired) electrons. The van der Waals surface area contributed by atoms with Crippen molar-refractivity contribution >= 4 is 39.3 Å². The van der Waals surface area contributed by atoms with Crippen LogP contribution in [0.25, 0.3) is 0 Å². The number of rotatable bonds is 8. The van der Waals surface area contributed by atoms with Gasteiger partial charge in [0.1, 0.15) is 17.6 Å². The van der Waals surface area contributed by atoms with Crippen molar-refractivity contribution in [1.82, 2.24) is 10.2 Å². The van der Waals surface area contributed by atoms with Crippen LogP contribution >= 0.6 is 27.5 Å². The second kappa shape index (κ2) is 10.4. The number of hydrogen-bond donors (Lipinski definition) is 1. The Morgan fingerprint density at radius 2 is 1.93 bits per heavy atom. The lowest BCUT2D eigenvalue weighted by Crippen LogP contribution is -2.49. The minimum atomic E-state index is -0.674. The van der Waals surface area contributed by atoms with E-state index < -0.39 is 6.04 Å². The highest BCUT2D eigenvalue weighted by Crippen LogP contribution is 2.27. The molecule has 8 heteroatoms. The molecule has 0 aliphatic heterocycles. The quantitative estimate of drug-likeness (QED) is 0.628. The third-order valence-electron chi connectivity index (χ3n) is 4.14. The number of carbonyl (C=O) groups excluding carboxylic acids is 2. The number of benzene rings is 2. The highest BCUT2D eigenvalue weighted by Gasteiger charge is 2.28. The zero-order valence-electron chi connectivity index (χ0n) is 15.5. The molecular formula is C20H21BrClFN2O3. The van der Waals surface area contributed by atoms with Crippen molar-refractivity contribution in [3.8, 4) is 5.75 Å². The van der Waals surface area contributed by atoms with E-state index in [1.54, 1.807) is 30.3 Å². The Hall–Kier alpha value is -2.12. The van der Waals surface area contributed by atoms with Crippen molar-refractivity contribution in [3.05, 3.63) is 63.3 Å². The molecule has 150 valence electrons. The first-order chi connectivity index (χ1) is 13.3. The van der Waals surface area contributed by atoms with E-state index in [0.29, 0.717) is 22.8 Å². The fourth-order valence-corrected chi connectivity index (χ4v) is 3.42. The highest BCUT2D eigenvalue weighted by atomic mass is 79.9. The summed E-state index contributed by atoms with van der Waals surface area (Å²) in [6, 6.07) is 10.2. The summed E-state index contributed by atoms with van der Waals surface area (Å²) in [5.41, 5.74) is 0.707. The summed E-state index contributed by atoms with van der Waals surface area (Å²) < 4.78 is 19.5. The largest absolute Gasteiger partial charge is 0.482 e. The zero-order valence-corrected chi connectivity index (χ0v) is 17.9. The van der Waals surface area contributed by atoms with Crippen LogP contribution in [0.3, 0.4) is 0 Å². The van der Waals surface area contributed by atoms with E-state index in [1.165, 1.54) is 24.1 Å². The standard InChI is InChI=1S/C20H21BrClFN2O3/c1-3-17(20(27)24-2)25(11-13-4-7-15(23)8-5-13)19(26)12-28-18-9-6-14(21)10-16(18)22/h4-10,17H,3,11-12H2,1-2H3,(H,24,27). The van der Waals surface area contributed by atoms with Crippen LogP contribution < -0.4 is 10.1 Å². The average molecular weight is 472 g/mol. The van der Waals surface area contributed by atoms with Gasteiger partial charge >= 0.3 is 0 Å². The molecule has 1 N–H and O–H groups in total. The van der Waals surface area contributed by atoms with Crippen LogP contribution in [0.1, 0.15) is 18.9 Å². The number of amides is 2. The molecule has 0 saturated carbocycles. The summed E-state index contributed by atoms with van der Waals surface area (Å²) in [7, 11) is 1.52. The predicted molar refractivity (Wildman–Crippen MR) is 110 cm³/mol. The lowest BCUT2D eigenvalue weighted by molar-refractivity contribution is -0.142. The molecule has 2 aromatic carbocycles. The van der Waals surface area contributed by atoms with Gasteiger partial charge in [0.25, 0.3) is 5.91 Å². The molecular weight excluding hydrogens is 451 g/mol. The van der Waals surface area contributed by atoms with Gasteiger partial charge in [0.15, 0.2) is 6.61 Å². The van der Waals surface area contributed by atoms with Crippen LogP contribution in [0.4, 0.5) is 4.39 Å². The molecule has 2 amide bonds. The molecule has 2 aromatic rings. The topological polar surface area (TPSA) is 58.6 Å². The van der Waals surface area contributed by atoms with Gasteiger partial charge < -0.3 is 15.0 Å². The summed E-state index contributed by atoms with van der Waals surface area (Å²) in [5, 5.41) is 2.94. The van der Waals surface area contributed by atoms with Gasteiger partial charge in [0.2, 0.25) is 5.91 Å². The van der Waals surface area contributed by atoms with Gasteiger partial charge in [-0.05, 0) is 42.3 Å². The summed E-state index contributed by atoms with van der Waals surface area (Å²) >= 11 is 9.43. The van der Waals surface area contributed by atoms with E-state index in [4.69, 9.17) is 16.3 Å². The number of likely N-dealkylation sites (N-methyl/N-ethyl adjacent to an activating group) is 1. The normalized spacial score (nSPS) is 11.6. The van der Waals surface area contributed by atoms with Crippen molar-refractivity contribution in [1.29, 1.82) is 0 Å². The Morgan fingerprint density at radius 1 is 1.25 bits per heavy atom. The summed E-state index contributed by atoms with van der Waals surface area (Å²) in [4.78, 5) is 26.6. The van der Waals surface area contributed by atoms with Gasteiger partial charge in [-0.25, -0.2) is 4.39 Å². The second-order valence-electron chi connectivity index (χ2n) is 6.05. The minimum absolute atomic E-state index is 0.155. The van der Waals surface area contributed by atoms with E-state index in [1.807, 2.05) is 6.92 Å². The molecule has 1 unspecified atom stereocenters. The maximum Gasteiger partial charge on any atom is 0.261 e. The minimum Gasteiger partial charge on any atom is -0.482 e. The van der Waals surface area contributed by atoms with Crippen LogP contribution in [-0.4, -0.2) is 36.4 Å². The van der Waals surface area contributed by atoms with Crippen LogP contribution in [0.2, 0.25) is 5.02 Å². The molecule has 5 nitrogen and oxygen atoms in total. The van der Waals surface area contributed by atoms with Crippen molar-refractivity contribution in [3.63, 3.8) is 0 Å². The smallest absolute Gasteiger partial charge is 0.261 e. The number of halogens is 3. The van der Waals surface area contributed by atoms with Crippen molar-refractivity contribution in [2.75, 3.05) is 13.7 Å². The molecule has 0 heterocycles. The Bertz CT molecular complexity index is 833. The van der Waals surface area contributed by atoms with Crippen LogP contribution in [0, 0.1) is 5.82 Å². The number of ether oxygens (including phenoxy) is 1. The van der Waals surface area contributed by atoms with Crippen molar-refractivity contribution < 1.29 is 18.7 Å². The Kier molecular flexibility index (Phi) is 8.26. The molecule has 0 spiro atoms. The number of carbonyl (C=O) groups is 2. The number of nitrogens with one attached hydrogen (secondary N) is 1. The van der Waals surface area contributed by atoms with E-state index in [0.717, 1.165) is 4.47 Å². The molecule has 0 aliphatic carbocycles. The van der Waals surface area contributed by atoms with Crippen molar-refractivity contribution in [2.24, 2.45) is 0 Å². The third-order valence-corrected chi connectivity index (χ3v) is 4.93. The van der Waals surface area contributed by atoms with Crippen molar-refractivity contribution in [2.45, 2.75) is 25.9 Å². The molecule has 2 rings (SSSR count). The first kappa shape index (κ1) is 22.2. The zero-order chi connectivity index (χ0) is 20.7. The Labute approximate surface area is 176 Å². The number of nitrogens with zero attached hydrogens (tertiary/aromatic N) is 1. The van der Waals surface area contributed by atoms with Gasteiger partial charge in [0, 0.05) is 18.1 Å². The van der Waals surface area contributed by atoms with E-state index in [9.17, 15) is 14.0 Å². The lowest BCUT2D eigenvalue weighted by Gasteiger charge is -2.30. The van der Waals surface area contributed by atoms with E-state index >= 15 is 0 Å². The molecule has 0 aliphatic rings. The summed E-state index contributed by atoms with van der Waals surface area (Å²) in [6.07, 6.45) is 0.422. The molecule has 28 heavy (non-hydrogen) atoms. The van der Waals surface area contributed by atoms with Gasteiger partial charge in [0.05, 0.1) is 5.02 Å². The maximum atomic E-state index is 13.2. The number of hydrogen-bond acceptors (Lipinski definition) is 3. The molecule has 0 fully saturated rings. The van der Waals surface area contributed by atoms with Crippen LogP contribution in [0.5, 0.6) is 5.75 Å². The Balaban J connectivity index is 2.19. The van der Waals surface area contributed by atoms with E-state index in [-0.39, 0.29) is 30.8 Å². The first-order valence-electron chi connectivity index (χ1n) is 8.69. The Morgan fingerprint density at radius 3 is 2.50 bits per heavy atom. The molecule has 0 bridgehead atoms. The van der Waals surface area contributed by atoms with Gasteiger partial charge in [-0.3, -0.25) is 9.59 Å². The lowest BCUT2D eigenvalue weighted by atomic mass is 10.1. The van der Waals surface area contributed by atoms with Crippen LogP contribution in [-0.2, 0) is 16.1 Å². The molecule has 0 aromatic heterocycles. The predicted octanol–water partition coefficient (Wildman–Crippen LogP) is 4.17. The fraction of sp³-hybridized carbons (Fsp3) is 0.300. The third kappa shape index (κ3) is 5.94. The van der Waals surface area contributed by atoms with E-state index in [2.05, 4.69) is 21.2 Å². The summed E-state index contributed by atoms with van der Waals surface area (Å²) in [6.45, 7) is 1.69. The van der Waals surface area contributed by atoms with Crippen LogP contribution in [0.15, 0.2) is 46.9 Å². The highest BCUT2D eigenvalue weighted by molar-refractivity contribution is 9.10.